The number of rotatable bonds is 6. The molecule has 0 atom stereocenters. The largest absolute Gasteiger partial charge is 0.457 e. The van der Waals surface area contributed by atoms with Crippen LogP contribution in [0.2, 0.25) is 0 Å². The summed E-state index contributed by atoms with van der Waals surface area (Å²) in [6, 6.07) is 17.9. The van der Waals surface area contributed by atoms with Crippen molar-refractivity contribution < 1.29 is 4.74 Å². The summed E-state index contributed by atoms with van der Waals surface area (Å²) in [5, 5.41) is 3.38. The van der Waals surface area contributed by atoms with Crippen LogP contribution in [-0.2, 0) is 0 Å². The summed E-state index contributed by atoms with van der Waals surface area (Å²) < 4.78 is 5.73. The molecule has 0 saturated heterocycles. The topological polar surface area (TPSA) is 21.3 Å². The van der Waals surface area contributed by atoms with Crippen molar-refractivity contribution in [3.05, 3.63) is 54.6 Å². The standard InChI is InChI=1S/C16H19NO/c1-2-3-13-17-14-9-11-16(12-10-14)18-15-7-5-4-6-8-15/h4-12,17H,2-3,13H2,1H3. The molecule has 0 radical (unpaired) electrons. The van der Waals surface area contributed by atoms with Gasteiger partial charge >= 0.3 is 0 Å². The van der Waals surface area contributed by atoms with Gasteiger partial charge in [-0.3, -0.25) is 0 Å². The average Bonchev–Trinajstić information content (AvgIpc) is 2.42. The average molecular weight is 241 g/mol. The molecule has 2 nitrogen and oxygen atoms in total. The predicted molar refractivity (Wildman–Crippen MR) is 76.4 cm³/mol. The number of anilines is 1. The van der Waals surface area contributed by atoms with Crippen LogP contribution in [0, 0.1) is 0 Å². The SMILES string of the molecule is CCCCNc1ccc(Oc2ccccc2)cc1. The number of hydrogen-bond acceptors (Lipinski definition) is 2. The fourth-order valence-corrected chi connectivity index (χ4v) is 1.67. The molecule has 0 unspecified atom stereocenters. The van der Waals surface area contributed by atoms with Gasteiger partial charge in [-0.25, -0.2) is 0 Å². The first-order valence-electron chi connectivity index (χ1n) is 6.45. The van der Waals surface area contributed by atoms with E-state index in [1.807, 2.05) is 54.6 Å². The van der Waals surface area contributed by atoms with Crippen LogP contribution >= 0.6 is 0 Å². The fraction of sp³-hybridized carbons (Fsp3) is 0.250. The van der Waals surface area contributed by atoms with Gasteiger partial charge in [-0.05, 0) is 42.8 Å². The predicted octanol–water partition coefficient (Wildman–Crippen LogP) is 4.69. The monoisotopic (exact) mass is 241 g/mol. The van der Waals surface area contributed by atoms with Crippen molar-refractivity contribution >= 4 is 5.69 Å². The lowest BCUT2D eigenvalue weighted by Gasteiger charge is -2.08. The summed E-state index contributed by atoms with van der Waals surface area (Å²) in [5.74, 6) is 1.73. The Kier molecular flexibility index (Phi) is 4.65. The molecule has 0 amide bonds. The van der Waals surface area contributed by atoms with Gasteiger partial charge in [0, 0.05) is 12.2 Å². The molecular formula is C16H19NO. The summed E-state index contributed by atoms with van der Waals surface area (Å²) in [7, 11) is 0. The normalized spacial score (nSPS) is 10.1. The maximum atomic E-state index is 5.73. The van der Waals surface area contributed by atoms with Gasteiger partial charge in [0.1, 0.15) is 11.5 Å². The van der Waals surface area contributed by atoms with Gasteiger partial charge in [0.25, 0.3) is 0 Å². The Bertz CT molecular complexity index is 450. The minimum Gasteiger partial charge on any atom is -0.457 e. The van der Waals surface area contributed by atoms with Crippen molar-refractivity contribution in [3.8, 4) is 11.5 Å². The van der Waals surface area contributed by atoms with Crippen LogP contribution in [0.5, 0.6) is 11.5 Å². The smallest absolute Gasteiger partial charge is 0.127 e. The molecule has 0 bridgehead atoms. The number of hydrogen-bond donors (Lipinski definition) is 1. The first-order valence-corrected chi connectivity index (χ1v) is 6.45. The molecule has 2 aromatic carbocycles. The fourth-order valence-electron chi connectivity index (χ4n) is 1.67. The van der Waals surface area contributed by atoms with Crippen molar-refractivity contribution in [2.24, 2.45) is 0 Å². The van der Waals surface area contributed by atoms with Crippen LogP contribution in [0.4, 0.5) is 5.69 Å². The van der Waals surface area contributed by atoms with E-state index in [0.717, 1.165) is 23.7 Å². The summed E-state index contributed by atoms with van der Waals surface area (Å²) in [6.45, 7) is 3.22. The molecule has 94 valence electrons. The number of ether oxygens (including phenoxy) is 1. The maximum absolute atomic E-state index is 5.73. The lowest BCUT2D eigenvalue weighted by molar-refractivity contribution is 0.483. The maximum Gasteiger partial charge on any atom is 0.127 e. The Hall–Kier alpha value is -1.96. The summed E-state index contributed by atoms with van der Waals surface area (Å²) in [5.41, 5.74) is 1.14. The number of unbranched alkanes of at least 4 members (excludes halogenated alkanes) is 1. The first kappa shape index (κ1) is 12.5. The Morgan fingerprint density at radius 1 is 0.889 bits per heavy atom. The summed E-state index contributed by atoms with van der Waals surface area (Å²) in [6.07, 6.45) is 2.41. The lowest BCUT2D eigenvalue weighted by Crippen LogP contribution is -2.00. The second-order valence-corrected chi connectivity index (χ2v) is 4.22. The number of nitrogens with one attached hydrogen (secondary N) is 1. The zero-order chi connectivity index (χ0) is 12.6. The highest BCUT2D eigenvalue weighted by Gasteiger charge is 1.96. The van der Waals surface area contributed by atoms with E-state index in [0.29, 0.717) is 0 Å². The van der Waals surface area contributed by atoms with Gasteiger partial charge in [-0.2, -0.15) is 0 Å². The molecule has 0 spiro atoms. The van der Waals surface area contributed by atoms with Gasteiger partial charge in [0.15, 0.2) is 0 Å². The van der Waals surface area contributed by atoms with Gasteiger partial charge in [0.2, 0.25) is 0 Å². The zero-order valence-corrected chi connectivity index (χ0v) is 10.7. The van der Waals surface area contributed by atoms with Crippen LogP contribution in [-0.4, -0.2) is 6.54 Å². The quantitative estimate of drug-likeness (QED) is 0.741. The van der Waals surface area contributed by atoms with Crippen molar-refractivity contribution in [2.75, 3.05) is 11.9 Å². The van der Waals surface area contributed by atoms with Gasteiger partial charge in [-0.15, -0.1) is 0 Å². The molecule has 0 heterocycles. The van der Waals surface area contributed by atoms with E-state index in [4.69, 9.17) is 4.74 Å². The van der Waals surface area contributed by atoms with Gasteiger partial charge < -0.3 is 10.1 Å². The van der Waals surface area contributed by atoms with E-state index >= 15 is 0 Å². The molecule has 0 aromatic heterocycles. The van der Waals surface area contributed by atoms with E-state index in [1.54, 1.807) is 0 Å². The Labute approximate surface area is 109 Å². The molecule has 0 fully saturated rings. The Morgan fingerprint density at radius 3 is 2.22 bits per heavy atom. The molecule has 2 rings (SSSR count). The second kappa shape index (κ2) is 6.70. The summed E-state index contributed by atoms with van der Waals surface area (Å²) in [4.78, 5) is 0. The van der Waals surface area contributed by atoms with E-state index in [2.05, 4.69) is 12.2 Å². The van der Waals surface area contributed by atoms with Crippen LogP contribution in [0.3, 0.4) is 0 Å². The van der Waals surface area contributed by atoms with Crippen molar-refractivity contribution in [2.45, 2.75) is 19.8 Å². The Morgan fingerprint density at radius 2 is 1.56 bits per heavy atom. The Balaban J connectivity index is 1.91. The number of para-hydroxylation sites is 1. The lowest BCUT2D eigenvalue weighted by atomic mass is 10.2. The zero-order valence-electron chi connectivity index (χ0n) is 10.7. The third-order valence-corrected chi connectivity index (χ3v) is 2.69. The molecule has 0 aliphatic heterocycles. The molecule has 1 N–H and O–H groups in total. The highest BCUT2D eigenvalue weighted by Crippen LogP contribution is 2.22. The molecule has 2 heteroatoms. The van der Waals surface area contributed by atoms with Crippen molar-refractivity contribution in [1.82, 2.24) is 0 Å². The van der Waals surface area contributed by atoms with Crippen LogP contribution < -0.4 is 10.1 Å². The molecule has 18 heavy (non-hydrogen) atoms. The van der Waals surface area contributed by atoms with Crippen LogP contribution in [0.25, 0.3) is 0 Å². The minimum atomic E-state index is 0.863. The van der Waals surface area contributed by atoms with Crippen LogP contribution in [0.15, 0.2) is 54.6 Å². The molecule has 0 aliphatic carbocycles. The summed E-state index contributed by atoms with van der Waals surface area (Å²) >= 11 is 0. The molecule has 2 aromatic rings. The second-order valence-electron chi connectivity index (χ2n) is 4.22. The van der Waals surface area contributed by atoms with Crippen molar-refractivity contribution in [3.63, 3.8) is 0 Å². The van der Waals surface area contributed by atoms with E-state index in [9.17, 15) is 0 Å². The molecular weight excluding hydrogens is 222 g/mol. The first-order chi connectivity index (χ1) is 8.88. The highest BCUT2D eigenvalue weighted by molar-refractivity contribution is 5.47. The number of benzene rings is 2. The van der Waals surface area contributed by atoms with E-state index in [-0.39, 0.29) is 0 Å². The van der Waals surface area contributed by atoms with E-state index < -0.39 is 0 Å². The molecule has 0 aliphatic rings. The van der Waals surface area contributed by atoms with Gasteiger partial charge in [0.05, 0.1) is 0 Å². The molecule has 0 saturated carbocycles. The van der Waals surface area contributed by atoms with Crippen molar-refractivity contribution in [1.29, 1.82) is 0 Å². The van der Waals surface area contributed by atoms with E-state index in [1.165, 1.54) is 12.8 Å². The highest BCUT2D eigenvalue weighted by atomic mass is 16.5. The third kappa shape index (κ3) is 3.81. The third-order valence-electron chi connectivity index (χ3n) is 2.69. The van der Waals surface area contributed by atoms with Crippen LogP contribution in [0.1, 0.15) is 19.8 Å². The van der Waals surface area contributed by atoms with Gasteiger partial charge in [-0.1, -0.05) is 31.5 Å². The minimum absolute atomic E-state index is 0.863.